The second kappa shape index (κ2) is 10.4. The lowest BCUT2D eigenvalue weighted by molar-refractivity contribution is -0.136. The van der Waals surface area contributed by atoms with Crippen LogP contribution in [0.25, 0.3) is 0 Å². The van der Waals surface area contributed by atoms with Crippen molar-refractivity contribution in [2.24, 2.45) is 11.7 Å². The van der Waals surface area contributed by atoms with Crippen LogP contribution >= 0.6 is 11.6 Å². The van der Waals surface area contributed by atoms with Gasteiger partial charge in [0.2, 0.25) is 11.9 Å². The summed E-state index contributed by atoms with van der Waals surface area (Å²) in [5.74, 6) is -0.572. The van der Waals surface area contributed by atoms with Crippen molar-refractivity contribution in [3.05, 3.63) is 35.0 Å². The number of nitrogens with one attached hydrogen (secondary N) is 2. The zero-order valence-electron chi connectivity index (χ0n) is 19.4. The largest absolute Gasteiger partial charge is 0.418 e. The molecule has 2 aromatic rings. The molecule has 0 bridgehead atoms. The van der Waals surface area contributed by atoms with Gasteiger partial charge in [-0.15, -0.1) is 0 Å². The molecule has 1 saturated heterocycles. The third kappa shape index (κ3) is 6.07. The number of anilines is 4. The average molecular weight is 512 g/mol. The molecule has 4 rings (SSSR count). The molecular formula is C23H29ClF3N7O. The van der Waals surface area contributed by atoms with Crippen molar-refractivity contribution in [1.82, 2.24) is 14.9 Å². The van der Waals surface area contributed by atoms with Gasteiger partial charge in [0.1, 0.15) is 5.02 Å². The number of benzene rings is 1. The Bertz CT molecular complexity index is 1060. The molecule has 12 heteroatoms. The molecule has 1 aliphatic heterocycles. The SMILES string of the molecule is CN1CCN(c2ccc(Nc3ncc(Cl)c(N[C@@H]4CCCCC4C(N)=O)n3)c(C(F)(F)F)c2)CC1. The fourth-order valence-electron chi connectivity index (χ4n) is 4.61. The summed E-state index contributed by atoms with van der Waals surface area (Å²) in [5.41, 5.74) is 5.10. The lowest BCUT2D eigenvalue weighted by atomic mass is 9.84. The second-order valence-corrected chi connectivity index (χ2v) is 9.48. The van der Waals surface area contributed by atoms with Crippen molar-refractivity contribution < 1.29 is 18.0 Å². The molecule has 1 aromatic carbocycles. The third-order valence-electron chi connectivity index (χ3n) is 6.62. The van der Waals surface area contributed by atoms with Gasteiger partial charge in [0.25, 0.3) is 0 Å². The molecule has 4 N–H and O–H groups in total. The smallest absolute Gasteiger partial charge is 0.369 e. The number of amides is 1. The van der Waals surface area contributed by atoms with Crippen LogP contribution in [0.3, 0.4) is 0 Å². The maximum Gasteiger partial charge on any atom is 0.418 e. The summed E-state index contributed by atoms with van der Waals surface area (Å²) in [7, 11) is 1.99. The van der Waals surface area contributed by atoms with Crippen molar-refractivity contribution >= 4 is 40.6 Å². The maximum atomic E-state index is 13.9. The summed E-state index contributed by atoms with van der Waals surface area (Å²) in [4.78, 5) is 24.3. The van der Waals surface area contributed by atoms with Gasteiger partial charge >= 0.3 is 6.18 Å². The zero-order chi connectivity index (χ0) is 25.2. The Morgan fingerprint density at radius 1 is 1.17 bits per heavy atom. The van der Waals surface area contributed by atoms with Gasteiger partial charge < -0.3 is 26.2 Å². The van der Waals surface area contributed by atoms with E-state index in [0.717, 1.165) is 32.0 Å². The normalized spacial score (nSPS) is 21.6. The predicted octanol–water partition coefficient (Wildman–Crippen LogP) is 4.10. The van der Waals surface area contributed by atoms with Crippen LogP contribution in [0.2, 0.25) is 5.02 Å². The molecule has 190 valence electrons. The van der Waals surface area contributed by atoms with E-state index < -0.39 is 17.6 Å². The van der Waals surface area contributed by atoms with Crippen LogP contribution < -0.4 is 21.3 Å². The van der Waals surface area contributed by atoms with E-state index in [1.807, 2.05) is 11.9 Å². The molecule has 1 amide bonds. The van der Waals surface area contributed by atoms with Crippen molar-refractivity contribution in [3.63, 3.8) is 0 Å². The molecule has 2 atom stereocenters. The molecule has 1 aromatic heterocycles. The molecule has 1 aliphatic carbocycles. The van der Waals surface area contributed by atoms with Gasteiger partial charge in [-0.3, -0.25) is 4.79 Å². The maximum absolute atomic E-state index is 13.9. The molecule has 0 radical (unpaired) electrons. The molecule has 2 fully saturated rings. The quantitative estimate of drug-likeness (QED) is 0.537. The van der Waals surface area contributed by atoms with Crippen LogP contribution in [-0.4, -0.2) is 60.0 Å². The van der Waals surface area contributed by atoms with Gasteiger partial charge in [-0.25, -0.2) is 4.98 Å². The van der Waals surface area contributed by atoms with E-state index in [4.69, 9.17) is 17.3 Å². The highest BCUT2D eigenvalue weighted by Gasteiger charge is 2.35. The summed E-state index contributed by atoms with van der Waals surface area (Å²) in [5, 5.41) is 6.05. The Kier molecular flexibility index (Phi) is 7.56. The van der Waals surface area contributed by atoms with E-state index in [9.17, 15) is 18.0 Å². The number of carbonyl (C=O) groups excluding carboxylic acids is 1. The minimum atomic E-state index is -4.57. The predicted molar refractivity (Wildman–Crippen MR) is 130 cm³/mol. The first-order chi connectivity index (χ1) is 16.6. The Hall–Kier alpha value is -2.79. The van der Waals surface area contributed by atoms with Gasteiger partial charge in [-0.05, 0) is 38.1 Å². The van der Waals surface area contributed by atoms with Crippen LogP contribution in [0.4, 0.5) is 36.3 Å². The highest BCUT2D eigenvalue weighted by Crippen LogP contribution is 2.39. The lowest BCUT2D eigenvalue weighted by Crippen LogP contribution is -2.44. The molecule has 2 heterocycles. The monoisotopic (exact) mass is 511 g/mol. The number of alkyl halides is 3. The van der Waals surface area contributed by atoms with Crippen molar-refractivity contribution in [1.29, 1.82) is 0 Å². The summed E-state index contributed by atoms with van der Waals surface area (Å²) < 4.78 is 41.8. The number of hydrogen-bond acceptors (Lipinski definition) is 7. The molecule has 0 spiro atoms. The number of nitrogens with two attached hydrogens (primary N) is 1. The third-order valence-corrected chi connectivity index (χ3v) is 6.90. The van der Waals surface area contributed by atoms with Crippen molar-refractivity contribution in [2.45, 2.75) is 37.9 Å². The number of carbonyl (C=O) groups is 1. The standard InChI is InChI=1S/C23H29ClF3N7O/c1-33-8-10-34(11-9-33)14-6-7-19(16(12-14)23(25,26)27)31-22-29-13-17(24)21(32-22)30-18-5-3-2-4-15(18)20(28)35/h6-7,12-13,15,18H,2-5,8-11H2,1H3,(H2,28,35)(H2,29,30,31,32)/t15?,18-/m1/s1. The van der Waals surface area contributed by atoms with E-state index >= 15 is 0 Å². The number of aromatic nitrogens is 2. The number of piperazine rings is 1. The number of rotatable bonds is 6. The molecular weight excluding hydrogens is 483 g/mol. The number of primary amides is 1. The highest BCUT2D eigenvalue weighted by molar-refractivity contribution is 6.32. The van der Waals surface area contributed by atoms with E-state index in [0.29, 0.717) is 31.6 Å². The first kappa shape index (κ1) is 25.3. The number of likely N-dealkylation sites (N-methyl/N-ethyl adjacent to an activating group) is 1. The number of halogens is 4. The van der Waals surface area contributed by atoms with Crippen molar-refractivity contribution in [3.8, 4) is 0 Å². The zero-order valence-corrected chi connectivity index (χ0v) is 20.2. The topological polar surface area (TPSA) is 99.4 Å². The van der Waals surface area contributed by atoms with Gasteiger partial charge in [-0.1, -0.05) is 24.4 Å². The van der Waals surface area contributed by atoms with Gasteiger partial charge in [0, 0.05) is 37.9 Å². The lowest BCUT2D eigenvalue weighted by Gasteiger charge is -2.34. The van der Waals surface area contributed by atoms with Gasteiger partial charge in [-0.2, -0.15) is 18.2 Å². The average Bonchev–Trinajstić information content (AvgIpc) is 2.81. The van der Waals surface area contributed by atoms with E-state index in [2.05, 4.69) is 25.5 Å². The van der Waals surface area contributed by atoms with Crippen molar-refractivity contribution in [2.75, 3.05) is 48.8 Å². The van der Waals surface area contributed by atoms with Gasteiger partial charge in [0.15, 0.2) is 5.82 Å². The van der Waals surface area contributed by atoms with Crippen LogP contribution in [0.15, 0.2) is 24.4 Å². The minimum absolute atomic E-state index is 0.0406. The van der Waals surface area contributed by atoms with Gasteiger partial charge in [0.05, 0.1) is 23.4 Å². The highest BCUT2D eigenvalue weighted by atomic mass is 35.5. The molecule has 1 unspecified atom stereocenters. The first-order valence-electron chi connectivity index (χ1n) is 11.6. The molecule has 1 saturated carbocycles. The fraction of sp³-hybridized carbons (Fsp3) is 0.522. The van der Waals surface area contributed by atoms with E-state index in [1.54, 1.807) is 6.07 Å². The minimum Gasteiger partial charge on any atom is -0.369 e. The van der Waals surface area contributed by atoms with Crippen LogP contribution in [0.1, 0.15) is 31.2 Å². The molecule has 8 nitrogen and oxygen atoms in total. The van der Waals surface area contributed by atoms with E-state index in [-0.39, 0.29) is 34.4 Å². The Morgan fingerprint density at radius 2 is 1.89 bits per heavy atom. The summed E-state index contributed by atoms with van der Waals surface area (Å²) in [6, 6.07) is 3.96. The van der Waals surface area contributed by atoms with Crippen LogP contribution in [-0.2, 0) is 11.0 Å². The summed E-state index contributed by atoms with van der Waals surface area (Å²) >= 11 is 6.25. The summed E-state index contributed by atoms with van der Waals surface area (Å²) in [6.07, 6.45) is -0.0647. The van der Waals surface area contributed by atoms with E-state index in [1.165, 1.54) is 12.3 Å². The number of hydrogen-bond donors (Lipinski definition) is 3. The Labute approximate surface area is 207 Å². The number of nitrogens with zero attached hydrogens (tertiary/aromatic N) is 4. The molecule has 2 aliphatic rings. The molecule has 35 heavy (non-hydrogen) atoms. The fourth-order valence-corrected chi connectivity index (χ4v) is 4.75. The second-order valence-electron chi connectivity index (χ2n) is 9.08. The van der Waals surface area contributed by atoms with Crippen LogP contribution in [0, 0.1) is 5.92 Å². The first-order valence-corrected chi connectivity index (χ1v) is 12.0. The van der Waals surface area contributed by atoms with Crippen LogP contribution in [0.5, 0.6) is 0 Å². The summed E-state index contributed by atoms with van der Waals surface area (Å²) in [6.45, 7) is 2.88. The Morgan fingerprint density at radius 3 is 2.57 bits per heavy atom. The Balaban J connectivity index is 1.57.